The summed E-state index contributed by atoms with van der Waals surface area (Å²) in [5.41, 5.74) is 2.40. The van der Waals surface area contributed by atoms with Crippen LogP contribution < -0.4 is 0 Å². The Morgan fingerprint density at radius 2 is 1.78 bits per heavy atom. The lowest BCUT2D eigenvalue weighted by Crippen LogP contribution is -2.03. The number of hydrogen-bond acceptors (Lipinski definition) is 3. The normalized spacial score (nSPS) is 11.6. The van der Waals surface area contributed by atoms with Crippen LogP contribution in [-0.4, -0.2) is 16.0 Å². The van der Waals surface area contributed by atoms with Crippen molar-refractivity contribution in [3.63, 3.8) is 0 Å². The van der Waals surface area contributed by atoms with Crippen LogP contribution in [0.2, 0.25) is 5.02 Å². The van der Waals surface area contributed by atoms with Crippen molar-refractivity contribution in [3.05, 3.63) is 64.2 Å². The van der Waals surface area contributed by atoms with Crippen LogP contribution in [0.15, 0.2) is 47.6 Å². The number of oxime groups is 1. The number of aromatic hydroxyl groups is 1. The van der Waals surface area contributed by atoms with Crippen LogP contribution in [0, 0.1) is 6.92 Å². The van der Waals surface area contributed by atoms with E-state index in [1.165, 1.54) is 0 Å². The van der Waals surface area contributed by atoms with Gasteiger partial charge in [0.15, 0.2) is 0 Å². The number of phenols is 1. The van der Waals surface area contributed by atoms with Gasteiger partial charge in [-0.2, -0.15) is 0 Å². The van der Waals surface area contributed by atoms with Gasteiger partial charge in [0.2, 0.25) is 0 Å². The van der Waals surface area contributed by atoms with Gasteiger partial charge in [-0.1, -0.05) is 35.0 Å². The number of nitrogens with zero attached hydrogens (tertiary/aromatic N) is 1. The largest absolute Gasteiger partial charge is 0.507 e. The van der Waals surface area contributed by atoms with Gasteiger partial charge in [0, 0.05) is 16.1 Å². The van der Waals surface area contributed by atoms with Gasteiger partial charge in [0.25, 0.3) is 0 Å². The minimum absolute atomic E-state index is 0.0813. The van der Waals surface area contributed by atoms with E-state index in [1.807, 2.05) is 13.0 Å². The highest BCUT2D eigenvalue weighted by Gasteiger charge is 2.12. The lowest BCUT2D eigenvalue weighted by atomic mass is 10.0. The predicted molar refractivity (Wildman–Crippen MR) is 71.7 cm³/mol. The minimum Gasteiger partial charge on any atom is -0.507 e. The number of halogens is 1. The summed E-state index contributed by atoms with van der Waals surface area (Å²) in [5, 5.41) is 22.9. The molecule has 3 nitrogen and oxygen atoms in total. The van der Waals surface area contributed by atoms with Crippen LogP contribution in [0.4, 0.5) is 0 Å². The van der Waals surface area contributed by atoms with E-state index in [4.69, 9.17) is 16.8 Å². The molecule has 0 aliphatic heterocycles. The third-order valence-corrected chi connectivity index (χ3v) is 2.88. The monoisotopic (exact) mass is 261 g/mol. The maximum Gasteiger partial charge on any atom is 0.125 e. The first-order valence-electron chi connectivity index (χ1n) is 5.40. The molecule has 0 fully saturated rings. The van der Waals surface area contributed by atoms with Gasteiger partial charge in [-0.15, -0.1) is 0 Å². The fraction of sp³-hybridized carbons (Fsp3) is 0.0714. The molecule has 0 spiro atoms. The highest BCUT2D eigenvalue weighted by Crippen LogP contribution is 2.23. The molecule has 2 N–H and O–H groups in total. The van der Waals surface area contributed by atoms with Crippen molar-refractivity contribution >= 4 is 17.3 Å². The molecule has 0 heterocycles. The third-order valence-electron chi connectivity index (χ3n) is 2.63. The second kappa shape index (κ2) is 5.10. The van der Waals surface area contributed by atoms with E-state index in [1.54, 1.807) is 36.4 Å². The molecule has 4 heteroatoms. The molecule has 0 saturated carbocycles. The van der Waals surface area contributed by atoms with Crippen molar-refractivity contribution in [2.24, 2.45) is 5.16 Å². The molecule has 0 radical (unpaired) electrons. The van der Waals surface area contributed by atoms with Gasteiger partial charge < -0.3 is 10.3 Å². The summed E-state index contributed by atoms with van der Waals surface area (Å²) >= 11 is 5.81. The molecule has 0 atom stereocenters. The summed E-state index contributed by atoms with van der Waals surface area (Å²) < 4.78 is 0. The van der Waals surface area contributed by atoms with Crippen molar-refractivity contribution in [2.75, 3.05) is 0 Å². The maximum absolute atomic E-state index is 9.89. The standard InChI is InChI=1S/C14H12ClNO2/c1-9-2-7-12(13(17)8-9)14(16-18)10-3-5-11(15)6-4-10/h2-8,17-18H,1H3/b16-14+. The van der Waals surface area contributed by atoms with Crippen molar-refractivity contribution < 1.29 is 10.3 Å². The fourth-order valence-electron chi connectivity index (χ4n) is 1.72. The van der Waals surface area contributed by atoms with Gasteiger partial charge >= 0.3 is 0 Å². The Balaban J connectivity index is 2.49. The van der Waals surface area contributed by atoms with E-state index in [0.717, 1.165) is 5.56 Å². The summed E-state index contributed by atoms with van der Waals surface area (Å²) in [6.07, 6.45) is 0. The first-order chi connectivity index (χ1) is 8.61. The molecule has 0 aromatic heterocycles. The van der Waals surface area contributed by atoms with Crippen molar-refractivity contribution in [2.45, 2.75) is 6.92 Å². The van der Waals surface area contributed by atoms with E-state index >= 15 is 0 Å². The smallest absolute Gasteiger partial charge is 0.125 e. The number of rotatable bonds is 2. The molecule has 2 aromatic rings. The second-order valence-corrected chi connectivity index (χ2v) is 4.41. The molecular weight excluding hydrogens is 250 g/mol. The Morgan fingerprint density at radius 1 is 1.11 bits per heavy atom. The van der Waals surface area contributed by atoms with Gasteiger partial charge in [-0.3, -0.25) is 0 Å². The van der Waals surface area contributed by atoms with E-state index in [9.17, 15) is 5.11 Å². The number of benzene rings is 2. The summed E-state index contributed by atoms with van der Waals surface area (Å²) in [7, 11) is 0. The lowest BCUT2D eigenvalue weighted by Gasteiger charge is -2.08. The molecule has 0 aliphatic carbocycles. The minimum atomic E-state index is 0.0813. The highest BCUT2D eigenvalue weighted by atomic mass is 35.5. The van der Waals surface area contributed by atoms with Gasteiger partial charge in [-0.25, -0.2) is 0 Å². The van der Waals surface area contributed by atoms with E-state index in [2.05, 4.69) is 5.16 Å². The Kier molecular flexibility index (Phi) is 3.53. The molecular formula is C14H12ClNO2. The zero-order valence-corrected chi connectivity index (χ0v) is 10.5. The van der Waals surface area contributed by atoms with Crippen LogP contribution in [0.5, 0.6) is 5.75 Å². The van der Waals surface area contributed by atoms with Crippen molar-refractivity contribution in [1.29, 1.82) is 0 Å². The molecule has 92 valence electrons. The molecule has 0 aliphatic rings. The summed E-state index contributed by atoms with van der Waals surface area (Å²) in [6, 6.07) is 12.1. The fourth-order valence-corrected chi connectivity index (χ4v) is 1.84. The summed E-state index contributed by atoms with van der Waals surface area (Å²) in [4.78, 5) is 0. The molecule has 0 saturated heterocycles. The number of aryl methyl sites for hydroxylation is 1. The summed E-state index contributed by atoms with van der Waals surface area (Å²) in [5.74, 6) is 0.0813. The molecule has 2 rings (SSSR count). The van der Waals surface area contributed by atoms with Crippen LogP contribution >= 0.6 is 11.6 Å². The van der Waals surface area contributed by atoms with E-state index in [-0.39, 0.29) is 5.75 Å². The number of phenolic OH excluding ortho intramolecular Hbond substituents is 1. The SMILES string of the molecule is Cc1ccc(/C(=N/O)c2ccc(Cl)cc2)c(O)c1. The van der Waals surface area contributed by atoms with Crippen molar-refractivity contribution in [1.82, 2.24) is 0 Å². The topological polar surface area (TPSA) is 52.8 Å². The molecule has 0 amide bonds. The van der Waals surface area contributed by atoms with Gasteiger partial charge in [0.05, 0.1) is 0 Å². The average molecular weight is 262 g/mol. The molecule has 0 bridgehead atoms. The Hall–Kier alpha value is -2.00. The molecule has 0 unspecified atom stereocenters. The van der Waals surface area contributed by atoms with Crippen LogP contribution in [-0.2, 0) is 0 Å². The first-order valence-corrected chi connectivity index (χ1v) is 5.77. The van der Waals surface area contributed by atoms with E-state index in [0.29, 0.717) is 21.9 Å². The lowest BCUT2D eigenvalue weighted by molar-refractivity contribution is 0.319. The van der Waals surface area contributed by atoms with Gasteiger partial charge in [0.1, 0.15) is 11.5 Å². The van der Waals surface area contributed by atoms with Crippen molar-refractivity contribution in [3.8, 4) is 5.75 Å². The summed E-state index contributed by atoms with van der Waals surface area (Å²) in [6.45, 7) is 1.88. The Labute approximate surface area is 110 Å². The van der Waals surface area contributed by atoms with E-state index < -0.39 is 0 Å². The zero-order chi connectivity index (χ0) is 13.1. The zero-order valence-electron chi connectivity index (χ0n) is 9.76. The first kappa shape index (κ1) is 12.5. The quantitative estimate of drug-likeness (QED) is 0.493. The Morgan fingerprint density at radius 3 is 2.33 bits per heavy atom. The highest BCUT2D eigenvalue weighted by molar-refractivity contribution is 6.30. The molecule has 18 heavy (non-hydrogen) atoms. The average Bonchev–Trinajstić information content (AvgIpc) is 2.35. The van der Waals surface area contributed by atoms with Crippen LogP contribution in [0.25, 0.3) is 0 Å². The second-order valence-electron chi connectivity index (χ2n) is 3.98. The maximum atomic E-state index is 9.89. The third kappa shape index (κ3) is 2.46. The molecule has 2 aromatic carbocycles. The Bertz CT molecular complexity index is 591. The number of hydrogen-bond donors (Lipinski definition) is 2. The van der Waals surface area contributed by atoms with Crippen LogP contribution in [0.3, 0.4) is 0 Å². The van der Waals surface area contributed by atoms with Gasteiger partial charge in [-0.05, 0) is 36.8 Å². The predicted octanol–water partition coefficient (Wildman–Crippen LogP) is 3.58. The van der Waals surface area contributed by atoms with Crippen LogP contribution in [0.1, 0.15) is 16.7 Å².